The fraction of sp³-hybridized carbons (Fsp3) is 0.545. The average molecular weight is 279 g/mol. The molecule has 0 aromatic carbocycles. The van der Waals surface area contributed by atoms with Crippen molar-refractivity contribution in [2.45, 2.75) is 18.4 Å². The zero-order chi connectivity index (χ0) is 13.2. The molecule has 18 heavy (non-hydrogen) atoms. The zero-order valence-electron chi connectivity index (χ0n) is 9.35. The van der Waals surface area contributed by atoms with Gasteiger partial charge in [-0.05, 0) is 6.07 Å². The number of alkyl halides is 3. The molecule has 7 heteroatoms. The van der Waals surface area contributed by atoms with E-state index < -0.39 is 23.9 Å². The van der Waals surface area contributed by atoms with E-state index in [9.17, 15) is 18.3 Å². The lowest BCUT2D eigenvalue weighted by Gasteiger charge is -2.28. The molecule has 1 saturated heterocycles. The SMILES string of the molecule is OC(c1cnccc1C(F)(F)F)C1CSCCO1. The number of nitrogens with zero attached hydrogens (tertiary/aromatic N) is 1. The van der Waals surface area contributed by atoms with Crippen molar-refractivity contribution in [3.05, 3.63) is 29.6 Å². The second-order valence-electron chi connectivity index (χ2n) is 3.89. The highest BCUT2D eigenvalue weighted by Crippen LogP contribution is 2.36. The number of thioether (sulfide) groups is 1. The van der Waals surface area contributed by atoms with Gasteiger partial charge in [-0.25, -0.2) is 0 Å². The van der Waals surface area contributed by atoms with Crippen molar-refractivity contribution in [2.24, 2.45) is 0 Å². The normalized spacial score (nSPS) is 22.8. The molecule has 1 aliphatic heterocycles. The van der Waals surface area contributed by atoms with Gasteiger partial charge in [0.05, 0.1) is 18.3 Å². The summed E-state index contributed by atoms with van der Waals surface area (Å²) in [4.78, 5) is 3.65. The lowest BCUT2D eigenvalue weighted by Crippen LogP contribution is -2.31. The molecule has 0 bridgehead atoms. The largest absolute Gasteiger partial charge is 0.416 e. The van der Waals surface area contributed by atoms with Crippen LogP contribution in [0.15, 0.2) is 18.5 Å². The molecule has 2 atom stereocenters. The average Bonchev–Trinajstić information content (AvgIpc) is 2.38. The van der Waals surface area contributed by atoms with E-state index in [1.807, 2.05) is 0 Å². The molecule has 0 aliphatic carbocycles. The number of aromatic nitrogens is 1. The van der Waals surface area contributed by atoms with Gasteiger partial charge >= 0.3 is 6.18 Å². The number of aliphatic hydroxyl groups is 1. The van der Waals surface area contributed by atoms with Crippen LogP contribution in [0.3, 0.4) is 0 Å². The van der Waals surface area contributed by atoms with Crippen LogP contribution in [0.4, 0.5) is 13.2 Å². The molecule has 1 aromatic heterocycles. The van der Waals surface area contributed by atoms with Crippen LogP contribution in [0.25, 0.3) is 0 Å². The van der Waals surface area contributed by atoms with E-state index in [1.165, 1.54) is 0 Å². The molecule has 1 N–H and O–H groups in total. The summed E-state index contributed by atoms with van der Waals surface area (Å²) in [5.41, 5.74) is -1.08. The molecule has 2 heterocycles. The van der Waals surface area contributed by atoms with E-state index in [2.05, 4.69) is 4.98 Å². The number of halogens is 3. The summed E-state index contributed by atoms with van der Waals surface area (Å²) in [5.74, 6) is 1.27. The van der Waals surface area contributed by atoms with Crippen LogP contribution in [0.2, 0.25) is 0 Å². The highest BCUT2D eigenvalue weighted by Gasteiger charge is 2.37. The molecule has 0 radical (unpaired) electrons. The Kier molecular flexibility index (Phi) is 4.14. The van der Waals surface area contributed by atoms with E-state index in [1.54, 1.807) is 11.8 Å². The summed E-state index contributed by atoms with van der Waals surface area (Å²) in [6.07, 6.45) is -4.30. The molecule has 0 spiro atoms. The van der Waals surface area contributed by atoms with Crippen molar-refractivity contribution in [2.75, 3.05) is 18.1 Å². The Morgan fingerprint density at radius 1 is 1.50 bits per heavy atom. The first-order valence-corrected chi connectivity index (χ1v) is 6.54. The standard InChI is InChI=1S/C11H12F3NO2S/c12-11(13,14)8-1-2-15-5-7(8)10(16)9-6-18-4-3-17-9/h1-2,5,9-10,16H,3-4,6H2. The van der Waals surface area contributed by atoms with Gasteiger partial charge in [0.1, 0.15) is 6.10 Å². The van der Waals surface area contributed by atoms with Crippen LogP contribution < -0.4 is 0 Å². The van der Waals surface area contributed by atoms with E-state index in [0.29, 0.717) is 12.4 Å². The van der Waals surface area contributed by atoms with Gasteiger partial charge in [0.2, 0.25) is 0 Å². The molecular weight excluding hydrogens is 267 g/mol. The van der Waals surface area contributed by atoms with Crippen LogP contribution in [0, 0.1) is 0 Å². The first kappa shape index (κ1) is 13.6. The van der Waals surface area contributed by atoms with Gasteiger partial charge in [0, 0.05) is 29.5 Å². The Labute approximate surface area is 106 Å². The topological polar surface area (TPSA) is 42.4 Å². The lowest BCUT2D eigenvalue weighted by molar-refractivity contribution is -0.140. The molecule has 2 rings (SSSR count). The molecule has 3 nitrogen and oxygen atoms in total. The third kappa shape index (κ3) is 2.96. The molecular formula is C11H12F3NO2S. The minimum absolute atomic E-state index is 0.225. The maximum atomic E-state index is 12.8. The van der Waals surface area contributed by atoms with Crippen LogP contribution in [-0.2, 0) is 10.9 Å². The van der Waals surface area contributed by atoms with E-state index in [0.717, 1.165) is 24.2 Å². The van der Waals surface area contributed by atoms with Gasteiger partial charge in [0.25, 0.3) is 0 Å². The van der Waals surface area contributed by atoms with Gasteiger partial charge in [-0.2, -0.15) is 24.9 Å². The summed E-state index contributed by atoms with van der Waals surface area (Å²) < 4.78 is 43.7. The summed E-state index contributed by atoms with van der Waals surface area (Å²) in [6, 6.07) is 0.870. The number of hydrogen-bond donors (Lipinski definition) is 1. The lowest BCUT2D eigenvalue weighted by atomic mass is 10.0. The van der Waals surface area contributed by atoms with Gasteiger partial charge in [-0.1, -0.05) is 0 Å². The van der Waals surface area contributed by atoms with Crippen molar-refractivity contribution in [1.82, 2.24) is 4.98 Å². The van der Waals surface area contributed by atoms with Crippen molar-refractivity contribution in [1.29, 1.82) is 0 Å². The summed E-state index contributed by atoms with van der Waals surface area (Å²) in [7, 11) is 0. The van der Waals surface area contributed by atoms with Crippen molar-refractivity contribution in [3.8, 4) is 0 Å². The second kappa shape index (κ2) is 5.46. The fourth-order valence-electron chi connectivity index (χ4n) is 1.79. The third-order valence-corrected chi connectivity index (χ3v) is 3.69. The first-order chi connectivity index (χ1) is 8.50. The summed E-state index contributed by atoms with van der Waals surface area (Å²) in [6.45, 7) is 0.438. The van der Waals surface area contributed by atoms with E-state index >= 15 is 0 Å². The third-order valence-electron chi connectivity index (χ3n) is 2.67. The van der Waals surface area contributed by atoms with Crippen molar-refractivity contribution >= 4 is 11.8 Å². The quantitative estimate of drug-likeness (QED) is 0.901. The second-order valence-corrected chi connectivity index (χ2v) is 5.04. The number of aliphatic hydroxyl groups excluding tert-OH is 1. The zero-order valence-corrected chi connectivity index (χ0v) is 10.2. The molecule has 0 saturated carbocycles. The number of ether oxygens (including phenoxy) is 1. The predicted molar refractivity (Wildman–Crippen MR) is 61.3 cm³/mol. The van der Waals surface area contributed by atoms with Crippen molar-refractivity contribution in [3.63, 3.8) is 0 Å². The Morgan fingerprint density at radius 2 is 2.28 bits per heavy atom. The van der Waals surface area contributed by atoms with Crippen LogP contribution in [0.1, 0.15) is 17.2 Å². The fourth-order valence-corrected chi connectivity index (χ4v) is 2.68. The highest BCUT2D eigenvalue weighted by atomic mass is 32.2. The highest BCUT2D eigenvalue weighted by molar-refractivity contribution is 7.99. The molecule has 1 aliphatic rings. The minimum Gasteiger partial charge on any atom is -0.386 e. The maximum Gasteiger partial charge on any atom is 0.416 e. The van der Waals surface area contributed by atoms with Gasteiger partial charge in [0.15, 0.2) is 0 Å². The Morgan fingerprint density at radius 3 is 2.89 bits per heavy atom. The number of hydrogen-bond acceptors (Lipinski definition) is 4. The number of rotatable bonds is 2. The molecule has 2 unspecified atom stereocenters. The van der Waals surface area contributed by atoms with Gasteiger partial charge in [-0.15, -0.1) is 0 Å². The predicted octanol–water partition coefficient (Wildman–Crippen LogP) is 2.27. The number of pyridine rings is 1. The van der Waals surface area contributed by atoms with Gasteiger partial charge < -0.3 is 9.84 Å². The van der Waals surface area contributed by atoms with Crippen LogP contribution >= 0.6 is 11.8 Å². The van der Waals surface area contributed by atoms with Gasteiger partial charge in [-0.3, -0.25) is 4.98 Å². The Bertz CT molecular complexity index is 408. The molecule has 0 amide bonds. The van der Waals surface area contributed by atoms with Crippen molar-refractivity contribution < 1.29 is 23.0 Å². The summed E-state index contributed by atoms with van der Waals surface area (Å²) in [5, 5.41) is 10.0. The van der Waals surface area contributed by atoms with E-state index in [-0.39, 0.29) is 5.56 Å². The minimum atomic E-state index is -4.50. The van der Waals surface area contributed by atoms with E-state index in [4.69, 9.17) is 4.74 Å². The van der Waals surface area contributed by atoms with Crippen LogP contribution in [-0.4, -0.2) is 34.3 Å². The first-order valence-electron chi connectivity index (χ1n) is 5.38. The molecule has 1 fully saturated rings. The maximum absolute atomic E-state index is 12.8. The Balaban J connectivity index is 2.26. The monoisotopic (exact) mass is 279 g/mol. The smallest absolute Gasteiger partial charge is 0.386 e. The summed E-state index contributed by atoms with van der Waals surface area (Å²) >= 11 is 1.55. The molecule has 1 aromatic rings. The Hall–Kier alpha value is -0.790. The van der Waals surface area contributed by atoms with Crippen LogP contribution in [0.5, 0.6) is 0 Å². The molecule has 100 valence electrons.